The summed E-state index contributed by atoms with van der Waals surface area (Å²) in [6.45, 7) is 7.09. The van der Waals surface area contributed by atoms with Gasteiger partial charge in [0, 0.05) is 23.5 Å². The van der Waals surface area contributed by atoms with Crippen molar-refractivity contribution in [2.75, 3.05) is 6.61 Å². The van der Waals surface area contributed by atoms with E-state index in [1.54, 1.807) is 6.20 Å². The summed E-state index contributed by atoms with van der Waals surface area (Å²) in [6, 6.07) is 14.0. The smallest absolute Gasteiger partial charge is 0.224 e. The van der Waals surface area contributed by atoms with E-state index in [-0.39, 0.29) is 11.5 Å². The fourth-order valence-electron chi connectivity index (χ4n) is 2.57. The zero-order valence-corrected chi connectivity index (χ0v) is 12.7. The van der Waals surface area contributed by atoms with E-state index in [9.17, 15) is 0 Å². The molecule has 0 saturated carbocycles. The highest BCUT2D eigenvalue weighted by atomic mass is 16.7. The molecule has 110 valence electrons. The summed E-state index contributed by atoms with van der Waals surface area (Å²) in [5, 5.41) is 0. The van der Waals surface area contributed by atoms with Crippen molar-refractivity contribution >= 4 is 0 Å². The Morgan fingerprint density at radius 2 is 1.76 bits per heavy atom. The van der Waals surface area contributed by atoms with E-state index in [0.717, 1.165) is 11.1 Å². The lowest BCUT2D eigenvalue weighted by Crippen LogP contribution is -2.33. The molecule has 3 heteroatoms. The second kappa shape index (κ2) is 5.24. The minimum Gasteiger partial charge on any atom is -0.339 e. The third kappa shape index (κ3) is 2.59. The number of pyridine rings is 1. The molecule has 2 atom stereocenters. The molecular weight excluding hydrogens is 262 g/mol. The number of hydrogen-bond donors (Lipinski definition) is 0. The number of ether oxygens (including phenoxy) is 2. The highest BCUT2D eigenvalue weighted by molar-refractivity contribution is 5.33. The molecule has 21 heavy (non-hydrogen) atoms. The summed E-state index contributed by atoms with van der Waals surface area (Å²) in [5.74, 6) is -0.854. The Balaban J connectivity index is 2.06. The van der Waals surface area contributed by atoms with Crippen LogP contribution in [0.3, 0.4) is 0 Å². The standard InChI is InChI=1S/C18H21NO2/c1-17(2,3)16-13-20-18(21-16,14-8-5-4-6-9-14)15-10-7-11-19-12-15/h4-12,16H,13H2,1-3H3. The third-order valence-electron chi connectivity index (χ3n) is 3.91. The lowest BCUT2D eigenvalue weighted by molar-refractivity contribution is -0.154. The number of nitrogens with zero attached hydrogens (tertiary/aromatic N) is 1. The van der Waals surface area contributed by atoms with Crippen LogP contribution in [-0.4, -0.2) is 17.7 Å². The molecule has 0 amide bonds. The van der Waals surface area contributed by atoms with Gasteiger partial charge in [0.2, 0.25) is 5.79 Å². The van der Waals surface area contributed by atoms with Gasteiger partial charge in [-0.1, -0.05) is 57.2 Å². The van der Waals surface area contributed by atoms with Crippen molar-refractivity contribution in [1.29, 1.82) is 0 Å². The zero-order chi connectivity index (χ0) is 14.9. The average Bonchev–Trinajstić information content (AvgIpc) is 2.96. The number of benzene rings is 1. The Morgan fingerprint density at radius 1 is 1.05 bits per heavy atom. The topological polar surface area (TPSA) is 31.4 Å². The quantitative estimate of drug-likeness (QED) is 0.841. The molecule has 2 aromatic rings. The molecule has 0 spiro atoms. The highest BCUT2D eigenvalue weighted by Crippen LogP contribution is 2.44. The van der Waals surface area contributed by atoms with Gasteiger partial charge in [-0.3, -0.25) is 4.98 Å². The SMILES string of the molecule is CC(C)(C)C1COC(c2ccccc2)(c2cccnc2)O1. The van der Waals surface area contributed by atoms with Gasteiger partial charge in [0.15, 0.2) is 0 Å². The van der Waals surface area contributed by atoms with Crippen LogP contribution in [0.5, 0.6) is 0 Å². The maximum atomic E-state index is 6.42. The van der Waals surface area contributed by atoms with Crippen LogP contribution in [0.2, 0.25) is 0 Å². The van der Waals surface area contributed by atoms with E-state index in [1.807, 2.05) is 48.7 Å². The molecule has 1 aliphatic rings. The normalized spacial score (nSPS) is 26.0. The molecule has 0 radical (unpaired) electrons. The second-order valence-electron chi connectivity index (χ2n) is 6.51. The summed E-state index contributed by atoms with van der Waals surface area (Å²) in [6.07, 6.45) is 3.62. The summed E-state index contributed by atoms with van der Waals surface area (Å²) in [7, 11) is 0. The van der Waals surface area contributed by atoms with Crippen molar-refractivity contribution in [2.45, 2.75) is 32.7 Å². The molecule has 0 bridgehead atoms. The van der Waals surface area contributed by atoms with Crippen molar-refractivity contribution in [3.05, 3.63) is 66.0 Å². The predicted octanol–water partition coefficient (Wildman–Crippen LogP) is 3.74. The van der Waals surface area contributed by atoms with Gasteiger partial charge in [0.25, 0.3) is 0 Å². The lowest BCUT2D eigenvalue weighted by Gasteiger charge is -2.31. The van der Waals surface area contributed by atoms with E-state index in [0.29, 0.717) is 6.61 Å². The van der Waals surface area contributed by atoms with Crippen molar-refractivity contribution < 1.29 is 9.47 Å². The lowest BCUT2D eigenvalue weighted by atomic mass is 9.89. The van der Waals surface area contributed by atoms with Crippen LogP contribution in [0.15, 0.2) is 54.9 Å². The minimum absolute atomic E-state index is 0.0265. The Morgan fingerprint density at radius 3 is 2.33 bits per heavy atom. The molecule has 0 aliphatic carbocycles. The fraction of sp³-hybridized carbons (Fsp3) is 0.389. The average molecular weight is 283 g/mol. The zero-order valence-electron chi connectivity index (χ0n) is 12.7. The van der Waals surface area contributed by atoms with Crippen molar-refractivity contribution in [2.24, 2.45) is 5.41 Å². The molecule has 0 N–H and O–H groups in total. The first kappa shape index (κ1) is 14.2. The van der Waals surface area contributed by atoms with Gasteiger partial charge in [-0.2, -0.15) is 0 Å². The molecule has 1 fully saturated rings. The van der Waals surface area contributed by atoms with Crippen LogP contribution in [0, 0.1) is 5.41 Å². The molecular formula is C18H21NO2. The summed E-state index contributed by atoms with van der Waals surface area (Å²) >= 11 is 0. The second-order valence-corrected chi connectivity index (χ2v) is 6.51. The van der Waals surface area contributed by atoms with E-state index in [1.165, 1.54) is 0 Å². The minimum atomic E-state index is -0.854. The van der Waals surface area contributed by atoms with Crippen LogP contribution in [0.25, 0.3) is 0 Å². The Labute approximate surface area is 125 Å². The summed E-state index contributed by atoms with van der Waals surface area (Å²) in [4.78, 5) is 4.23. The van der Waals surface area contributed by atoms with Crippen molar-refractivity contribution in [3.63, 3.8) is 0 Å². The van der Waals surface area contributed by atoms with E-state index in [2.05, 4.69) is 25.8 Å². The van der Waals surface area contributed by atoms with Gasteiger partial charge in [0.1, 0.15) is 0 Å². The van der Waals surface area contributed by atoms with Gasteiger partial charge >= 0.3 is 0 Å². The monoisotopic (exact) mass is 283 g/mol. The highest BCUT2D eigenvalue weighted by Gasteiger charge is 2.48. The third-order valence-corrected chi connectivity index (χ3v) is 3.91. The van der Waals surface area contributed by atoms with E-state index >= 15 is 0 Å². The van der Waals surface area contributed by atoms with Gasteiger partial charge in [0.05, 0.1) is 12.7 Å². The van der Waals surface area contributed by atoms with Gasteiger partial charge in [-0.05, 0) is 11.5 Å². The molecule has 2 heterocycles. The maximum absolute atomic E-state index is 6.42. The Kier molecular flexibility index (Phi) is 3.56. The van der Waals surface area contributed by atoms with E-state index < -0.39 is 5.79 Å². The largest absolute Gasteiger partial charge is 0.339 e. The number of hydrogen-bond acceptors (Lipinski definition) is 3. The maximum Gasteiger partial charge on any atom is 0.224 e. The first-order chi connectivity index (χ1) is 10.0. The molecule has 3 nitrogen and oxygen atoms in total. The fourth-order valence-corrected chi connectivity index (χ4v) is 2.57. The van der Waals surface area contributed by atoms with E-state index in [4.69, 9.17) is 9.47 Å². The molecule has 2 unspecified atom stereocenters. The Bertz CT molecular complexity index is 550. The molecule has 1 aromatic heterocycles. The summed E-state index contributed by atoms with van der Waals surface area (Å²) in [5.41, 5.74) is 1.96. The molecule has 1 aromatic carbocycles. The predicted molar refractivity (Wildman–Crippen MR) is 81.7 cm³/mol. The van der Waals surface area contributed by atoms with Crippen LogP contribution in [0.4, 0.5) is 0 Å². The van der Waals surface area contributed by atoms with Crippen LogP contribution in [-0.2, 0) is 15.3 Å². The van der Waals surface area contributed by atoms with Crippen molar-refractivity contribution in [1.82, 2.24) is 4.98 Å². The van der Waals surface area contributed by atoms with Crippen LogP contribution < -0.4 is 0 Å². The van der Waals surface area contributed by atoms with Crippen LogP contribution in [0.1, 0.15) is 31.9 Å². The molecule has 3 rings (SSSR count). The molecule has 1 aliphatic heterocycles. The first-order valence-corrected chi connectivity index (χ1v) is 7.30. The first-order valence-electron chi connectivity index (χ1n) is 7.30. The number of aromatic nitrogens is 1. The van der Waals surface area contributed by atoms with Crippen molar-refractivity contribution in [3.8, 4) is 0 Å². The van der Waals surface area contributed by atoms with Gasteiger partial charge < -0.3 is 9.47 Å². The Hall–Kier alpha value is -1.71. The summed E-state index contributed by atoms with van der Waals surface area (Å²) < 4.78 is 12.6. The molecule has 1 saturated heterocycles. The van der Waals surface area contributed by atoms with Gasteiger partial charge in [-0.15, -0.1) is 0 Å². The van der Waals surface area contributed by atoms with Crippen LogP contribution >= 0.6 is 0 Å². The van der Waals surface area contributed by atoms with Gasteiger partial charge in [-0.25, -0.2) is 0 Å². The number of rotatable bonds is 2.